The molecule has 0 radical (unpaired) electrons. The Bertz CT molecular complexity index is 3930. The molecule has 2 unspecified atom stereocenters. The van der Waals surface area contributed by atoms with Crippen LogP contribution in [0, 0.1) is 0 Å². The molecule has 0 saturated heterocycles. The van der Waals surface area contributed by atoms with Crippen LogP contribution < -0.4 is 0 Å². The van der Waals surface area contributed by atoms with Crippen molar-refractivity contribution in [2.75, 3.05) is 0 Å². The van der Waals surface area contributed by atoms with Gasteiger partial charge in [0.15, 0.2) is 0 Å². The number of aromatic nitrogens is 1. The molecule has 2 atom stereocenters. The van der Waals surface area contributed by atoms with E-state index in [1.807, 2.05) is 6.07 Å². The Balaban J connectivity index is 0.887. The number of fused-ring (bicyclic) bond motifs is 10. The highest BCUT2D eigenvalue weighted by atomic mass is 16.3. The molecule has 67 heavy (non-hydrogen) atoms. The first kappa shape index (κ1) is 39.0. The van der Waals surface area contributed by atoms with Crippen LogP contribution in [-0.4, -0.2) is 4.57 Å². The lowest BCUT2D eigenvalue weighted by atomic mass is 9.78. The first-order chi connectivity index (χ1) is 33.1. The molecule has 0 aliphatic rings. The zero-order chi connectivity index (χ0) is 44.4. The van der Waals surface area contributed by atoms with E-state index < -0.39 is 0 Å². The van der Waals surface area contributed by atoms with Gasteiger partial charge >= 0.3 is 0 Å². The van der Waals surface area contributed by atoms with Gasteiger partial charge in [0.1, 0.15) is 22.3 Å². The summed E-state index contributed by atoms with van der Waals surface area (Å²) in [6.07, 6.45) is 0.900. The zero-order valence-corrected chi connectivity index (χ0v) is 37.1. The van der Waals surface area contributed by atoms with E-state index in [-0.39, 0.29) is 11.8 Å². The molecule has 13 rings (SSSR count). The minimum Gasteiger partial charge on any atom is -0.456 e. The molecule has 318 valence electrons. The van der Waals surface area contributed by atoms with Crippen LogP contribution in [0.1, 0.15) is 35.4 Å². The minimum absolute atomic E-state index is 0.211. The molecule has 3 aromatic heterocycles. The first-order valence-corrected chi connectivity index (χ1v) is 23.3. The summed E-state index contributed by atoms with van der Waals surface area (Å²) in [4.78, 5) is 0. The number of para-hydroxylation sites is 4. The number of hydrogen-bond donors (Lipinski definition) is 0. The normalized spacial score (nSPS) is 12.8. The summed E-state index contributed by atoms with van der Waals surface area (Å²) in [5, 5.41) is 7.01. The molecular formula is C64H45NO2. The fourth-order valence-electron chi connectivity index (χ4n) is 10.8. The van der Waals surface area contributed by atoms with Crippen molar-refractivity contribution in [2.45, 2.75) is 25.2 Å². The van der Waals surface area contributed by atoms with Gasteiger partial charge in [-0.25, -0.2) is 0 Å². The molecule has 0 fully saturated rings. The van der Waals surface area contributed by atoms with Crippen LogP contribution in [-0.2, 0) is 6.42 Å². The van der Waals surface area contributed by atoms with Crippen LogP contribution in [0.15, 0.2) is 239 Å². The molecule has 0 aliphatic heterocycles. The van der Waals surface area contributed by atoms with Gasteiger partial charge in [-0.1, -0.05) is 201 Å². The number of rotatable bonds is 9. The van der Waals surface area contributed by atoms with Crippen molar-refractivity contribution in [3.05, 3.63) is 247 Å². The van der Waals surface area contributed by atoms with E-state index in [4.69, 9.17) is 8.83 Å². The Hall–Kier alpha value is -8.40. The standard InChI is InChI=1S/C64H45NO2/c1-41(43-34-36-49(37-35-43)65-58-24-10-8-18-52(58)53-38-39-60-61(62(53)65)56-19-9-11-25-59(56)66-60)57(40-42-26-28-45(29-27-42)44-14-4-2-5-15-44)48-32-30-47(31-33-48)51-21-13-23-55-54-22-12-20-50(63(54)67-64(51)55)46-16-6-3-7-17-46/h2-39,41,57H,40H2,1H3. The van der Waals surface area contributed by atoms with Crippen LogP contribution in [0.2, 0.25) is 0 Å². The SMILES string of the molecule is CC(c1ccc(-n2c3ccccc3c3ccc4oc5ccccc5c4c32)cc1)C(Cc1ccc(-c2ccccc2)cc1)c1ccc(-c2cccc3c2oc2c(-c4ccccc4)cccc23)cc1. The summed E-state index contributed by atoms with van der Waals surface area (Å²) in [5.41, 5.74) is 18.0. The zero-order valence-electron chi connectivity index (χ0n) is 37.1. The van der Waals surface area contributed by atoms with Gasteiger partial charge in [0.2, 0.25) is 0 Å². The molecule has 0 spiro atoms. The third kappa shape index (κ3) is 6.57. The second-order valence-electron chi connectivity index (χ2n) is 18.0. The van der Waals surface area contributed by atoms with Gasteiger partial charge in [0.05, 0.1) is 16.4 Å². The van der Waals surface area contributed by atoms with Gasteiger partial charge < -0.3 is 13.4 Å². The van der Waals surface area contributed by atoms with Gasteiger partial charge in [-0.3, -0.25) is 0 Å². The Morgan fingerprint density at radius 2 is 0.940 bits per heavy atom. The Morgan fingerprint density at radius 1 is 0.388 bits per heavy atom. The Kier molecular flexibility index (Phi) is 9.28. The monoisotopic (exact) mass is 859 g/mol. The van der Waals surface area contributed by atoms with Gasteiger partial charge in [0, 0.05) is 43.7 Å². The smallest absolute Gasteiger partial charge is 0.143 e. The lowest BCUT2D eigenvalue weighted by Crippen LogP contribution is -2.12. The number of furan rings is 2. The molecule has 13 aromatic rings. The fourth-order valence-corrected chi connectivity index (χ4v) is 10.8. The van der Waals surface area contributed by atoms with Gasteiger partial charge in [-0.2, -0.15) is 0 Å². The average Bonchev–Trinajstić information content (AvgIpc) is 4.08. The fraction of sp³-hybridized carbons (Fsp3) is 0.0625. The van der Waals surface area contributed by atoms with Crippen LogP contribution in [0.4, 0.5) is 0 Å². The molecule has 0 saturated carbocycles. The van der Waals surface area contributed by atoms with Crippen LogP contribution >= 0.6 is 0 Å². The molecule has 0 aliphatic carbocycles. The Morgan fingerprint density at radius 3 is 1.64 bits per heavy atom. The van der Waals surface area contributed by atoms with E-state index in [2.05, 4.69) is 236 Å². The summed E-state index contributed by atoms with van der Waals surface area (Å²) in [6.45, 7) is 2.40. The summed E-state index contributed by atoms with van der Waals surface area (Å²) < 4.78 is 15.7. The van der Waals surface area contributed by atoms with Crippen molar-refractivity contribution in [1.29, 1.82) is 0 Å². The van der Waals surface area contributed by atoms with E-state index in [1.165, 1.54) is 49.6 Å². The predicted molar refractivity (Wildman–Crippen MR) is 279 cm³/mol. The van der Waals surface area contributed by atoms with Gasteiger partial charge in [-0.15, -0.1) is 0 Å². The lowest BCUT2D eigenvalue weighted by Gasteiger charge is -2.26. The van der Waals surface area contributed by atoms with Crippen molar-refractivity contribution in [1.82, 2.24) is 4.57 Å². The molecule has 10 aromatic carbocycles. The van der Waals surface area contributed by atoms with E-state index in [9.17, 15) is 0 Å². The topological polar surface area (TPSA) is 31.2 Å². The van der Waals surface area contributed by atoms with Crippen molar-refractivity contribution in [3.63, 3.8) is 0 Å². The maximum atomic E-state index is 6.83. The van der Waals surface area contributed by atoms with E-state index in [0.29, 0.717) is 0 Å². The van der Waals surface area contributed by atoms with Crippen LogP contribution in [0.5, 0.6) is 0 Å². The van der Waals surface area contributed by atoms with Crippen LogP contribution in [0.25, 0.3) is 105 Å². The van der Waals surface area contributed by atoms with Crippen LogP contribution in [0.3, 0.4) is 0 Å². The predicted octanol–water partition coefficient (Wildman–Crippen LogP) is 17.7. The number of nitrogens with zero attached hydrogens (tertiary/aromatic N) is 1. The summed E-state index contributed by atoms with van der Waals surface area (Å²) >= 11 is 0. The third-order valence-corrected chi connectivity index (χ3v) is 14.2. The molecule has 0 bridgehead atoms. The molecule has 0 amide bonds. The van der Waals surface area contributed by atoms with E-state index in [0.717, 1.165) is 78.2 Å². The van der Waals surface area contributed by atoms with Crippen molar-refractivity contribution in [2.24, 2.45) is 0 Å². The molecule has 0 N–H and O–H groups in total. The maximum Gasteiger partial charge on any atom is 0.143 e. The summed E-state index contributed by atoms with van der Waals surface area (Å²) in [5.74, 6) is 0.426. The van der Waals surface area contributed by atoms with Crippen molar-refractivity contribution in [3.8, 4) is 39.1 Å². The average molecular weight is 860 g/mol. The maximum absolute atomic E-state index is 6.83. The second kappa shape index (κ2) is 15.9. The quantitative estimate of drug-likeness (QED) is 0.145. The highest BCUT2D eigenvalue weighted by molar-refractivity contribution is 6.24. The van der Waals surface area contributed by atoms with E-state index in [1.54, 1.807) is 0 Å². The minimum atomic E-state index is 0.211. The molecule has 3 heterocycles. The van der Waals surface area contributed by atoms with E-state index >= 15 is 0 Å². The second-order valence-corrected chi connectivity index (χ2v) is 18.0. The largest absolute Gasteiger partial charge is 0.456 e. The third-order valence-electron chi connectivity index (χ3n) is 14.2. The first-order valence-electron chi connectivity index (χ1n) is 23.3. The van der Waals surface area contributed by atoms with Gasteiger partial charge in [0.25, 0.3) is 0 Å². The highest BCUT2D eigenvalue weighted by Gasteiger charge is 2.24. The van der Waals surface area contributed by atoms with Crippen molar-refractivity contribution < 1.29 is 8.83 Å². The summed E-state index contributed by atoms with van der Waals surface area (Å²) in [6, 6.07) is 83.4. The van der Waals surface area contributed by atoms with Crippen molar-refractivity contribution >= 4 is 65.7 Å². The molecular weight excluding hydrogens is 815 g/mol. The number of hydrogen-bond acceptors (Lipinski definition) is 2. The highest BCUT2D eigenvalue weighted by Crippen LogP contribution is 2.44. The number of benzene rings is 10. The molecule has 3 nitrogen and oxygen atoms in total. The van der Waals surface area contributed by atoms with Gasteiger partial charge in [-0.05, 0) is 93.6 Å². The Labute approximate surface area is 388 Å². The summed E-state index contributed by atoms with van der Waals surface area (Å²) in [7, 11) is 0. The lowest BCUT2D eigenvalue weighted by molar-refractivity contribution is 0.572. The molecule has 3 heteroatoms.